The van der Waals surface area contributed by atoms with Crippen molar-refractivity contribution in [3.8, 4) is 0 Å². The lowest BCUT2D eigenvalue weighted by Gasteiger charge is -2.36. The third kappa shape index (κ3) is 3.41. The highest BCUT2D eigenvalue weighted by Gasteiger charge is 2.52. The maximum Gasteiger partial charge on any atom is 0.329 e. The first-order valence-electron chi connectivity index (χ1n) is 10.8. The molecular weight excluding hydrogens is 459 g/mol. The van der Waals surface area contributed by atoms with Gasteiger partial charge in [0.15, 0.2) is 0 Å². The van der Waals surface area contributed by atoms with Crippen molar-refractivity contribution in [1.82, 2.24) is 9.62 Å². The predicted molar refractivity (Wildman–Crippen MR) is 127 cm³/mol. The maximum absolute atomic E-state index is 13.9. The Morgan fingerprint density at radius 3 is 2.35 bits per heavy atom. The van der Waals surface area contributed by atoms with E-state index in [2.05, 4.69) is 5.32 Å². The van der Waals surface area contributed by atoms with Crippen molar-refractivity contribution in [3.63, 3.8) is 0 Å². The summed E-state index contributed by atoms with van der Waals surface area (Å²) in [6, 6.07) is 13.1. The number of amides is 3. The van der Waals surface area contributed by atoms with Gasteiger partial charge in [-0.25, -0.2) is 22.5 Å². The van der Waals surface area contributed by atoms with Crippen molar-refractivity contribution < 1.29 is 22.4 Å². The molecule has 2 fully saturated rings. The molecule has 2 aliphatic heterocycles. The van der Waals surface area contributed by atoms with E-state index in [0.717, 1.165) is 28.1 Å². The highest BCUT2D eigenvalue weighted by atomic mass is 32.2. The maximum atomic E-state index is 13.9. The Morgan fingerprint density at radius 1 is 0.971 bits per heavy atom. The number of hydrogen-bond donors (Lipinski definition) is 1. The standard InChI is InChI=1S/C24H23FN4O4S/c1-27(2)20-7-3-6-18-17(20)5-4-8-21(18)34(32,33)28-14-13-19-22(28)23(30)29(24(31)26-19)16-11-9-15(25)10-12-16/h3-12,19,22H,13-14H2,1-2H3,(H,26,31)/t19-,22+/m1/s1. The number of sulfonamides is 1. The van der Waals surface area contributed by atoms with Gasteiger partial charge in [0.2, 0.25) is 10.0 Å². The Morgan fingerprint density at radius 2 is 1.65 bits per heavy atom. The lowest BCUT2D eigenvalue weighted by atomic mass is 10.1. The Kier molecular flexibility index (Phi) is 5.29. The third-order valence-electron chi connectivity index (χ3n) is 6.35. The second-order valence-electron chi connectivity index (χ2n) is 8.58. The minimum atomic E-state index is -4.08. The van der Waals surface area contributed by atoms with Gasteiger partial charge in [-0.3, -0.25) is 4.79 Å². The molecule has 10 heteroatoms. The molecule has 0 spiro atoms. The summed E-state index contributed by atoms with van der Waals surface area (Å²) in [4.78, 5) is 29.0. The van der Waals surface area contributed by atoms with Crippen molar-refractivity contribution in [3.05, 3.63) is 66.5 Å². The Bertz CT molecular complexity index is 1410. The summed E-state index contributed by atoms with van der Waals surface area (Å²) >= 11 is 0. The SMILES string of the molecule is CN(C)c1cccc2c(S(=O)(=O)N3CC[C@H]4NC(=O)N(c5ccc(F)cc5)C(=O)[C@H]43)cccc12. The summed E-state index contributed by atoms with van der Waals surface area (Å²) < 4.78 is 42.3. The van der Waals surface area contributed by atoms with Crippen LogP contribution >= 0.6 is 0 Å². The fourth-order valence-electron chi connectivity index (χ4n) is 4.78. The number of carbonyl (C=O) groups is 2. The van der Waals surface area contributed by atoms with Crippen molar-refractivity contribution in [1.29, 1.82) is 0 Å². The van der Waals surface area contributed by atoms with Crippen LogP contribution in [-0.4, -0.2) is 57.4 Å². The monoisotopic (exact) mass is 482 g/mol. The topological polar surface area (TPSA) is 90.0 Å². The van der Waals surface area contributed by atoms with E-state index in [1.54, 1.807) is 18.2 Å². The zero-order valence-electron chi connectivity index (χ0n) is 18.6. The lowest BCUT2D eigenvalue weighted by Crippen LogP contribution is -2.64. The summed E-state index contributed by atoms with van der Waals surface area (Å²) in [6.07, 6.45) is 0.312. The van der Waals surface area contributed by atoms with Crippen LogP contribution < -0.4 is 15.1 Å². The van der Waals surface area contributed by atoms with Gasteiger partial charge in [0.05, 0.1) is 16.6 Å². The average Bonchev–Trinajstić information content (AvgIpc) is 3.24. The molecule has 2 saturated heterocycles. The molecule has 1 N–H and O–H groups in total. The minimum absolute atomic E-state index is 0.0880. The molecule has 0 bridgehead atoms. The molecule has 2 heterocycles. The summed E-state index contributed by atoms with van der Waals surface area (Å²) in [7, 11) is -0.318. The number of rotatable bonds is 4. The van der Waals surface area contributed by atoms with E-state index in [4.69, 9.17) is 0 Å². The molecule has 0 aromatic heterocycles. The molecule has 2 atom stereocenters. The van der Waals surface area contributed by atoms with Crippen LogP contribution in [0.25, 0.3) is 10.8 Å². The number of carbonyl (C=O) groups excluding carboxylic acids is 2. The van der Waals surface area contributed by atoms with E-state index in [0.29, 0.717) is 11.8 Å². The number of anilines is 2. The van der Waals surface area contributed by atoms with Crippen LogP contribution in [0.1, 0.15) is 6.42 Å². The third-order valence-corrected chi connectivity index (χ3v) is 8.29. The van der Waals surface area contributed by atoms with Crippen molar-refractivity contribution in [2.24, 2.45) is 0 Å². The van der Waals surface area contributed by atoms with Crippen LogP contribution in [0.4, 0.5) is 20.6 Å². The number of nitrogens with zero attached hydrogens (tertiary/aromatic N) is 3. The molecule has 0 aliphatic carbocycles. The van der Waals surface area contributed by atoms with Gasteiger partial charge >= 0.3 is 6.03 Å². The highest BCUT2D eigenvalue weighted by molar-refractivity contribution is 7.89. The summed E-state index contributed by atoms with van der Waals surface area (Å²) in [5.41, 5.74) is 1.05. The van der Waals surface area contributed by atoms with Crippen molar-refractivity contribution in [2.45, 2.75) is 23.4 Å². The first-order chi connectivity index (χ1) is 16.2. The lowest BCUT2D eigenvalue weighted by molar-refractivity contribution is -0.122. The van der Waals surface area contributed by atoms with E-state index in [1.807, 2.05) is 31.1 Å². The van der Waals surface area contributed by atoms with Crippen molar-refractivity contribution >= 4 is 44.1 Å². The molecule has 2 aliphatic rings. The van der Waals surface area contributed by atoms with Crippen LogP contribution in [0.15, 0.2) is 65.6 Å². The minimum Gasteiger partial charge on any atom is -0.377 e. The molecule has 3 amide bonds. The number of imide groups is 1. The normalized spacial score (nSPS) is 21.0. The molecule has 34 heavy (non-hydrogen) atoms. The molecule has 3 aromatic carbocycles. The summed E-state index contributed by atoms with van der Waals surface area (Å²) in [5, 5.41) is 4.08. The number of benzene rings is 3. The molecule has 176 valence electrons. The van der Waals surface area contributed by atoms with Crippen LogP contribution in [0.2, 0.25) is 0 Å². The Balaban J connectivity index is 1.57. The first kappa shape index (κ1) is 22.3. The number of urea groups is 1. The summed E-state index contributed by atoms with van der Waals surface area (Å²) in [5.74, 6) is -1.17. The van der Waals surface area contributed by atoms with Gasteiger partial charge in [-0.2, -0.15) is 4.31 Å². The van der Waals surface area contributed by atoms with E-state index in [1.165, 1.54) is 22.5 Å². The Hall–Kier alpha value is -3.50. The van der Waals surface area contributed by atoms with Gasteiger partial charge in [0.1, 0.15) is 11.9 Å². The van der Waals surface area contributed by atoms with Crippen LogP contribution in [0, 0.1) is 5.82 Å². The van der Waals surface area contributed by atoms with Gasteiger partial charge in [-0.05, 0) is 42.8 Å². The Labute approximate surface area is 196 Å². The molecular formula is C24H23FN4O4S. The van der Waals surface area contributed by atoms with E-state index >= 15 is 0 Å². The number of hydrogen-bond acceptors (Lipinski definition) is 5. The van der Waals surface area contributed by atoms with Crippen LogP contribution in [0.5, 0.6) is 0 Å². The van der Waals surface area contributed by atoms with Gasteiger partial charge in [0.25, 0.3) is 5.91 Å². The smallest absolute Gasteiger partial charge is 0.329 e. The number of fused-ring (bicyclic) bond motifs is 2. The van der Waals surface area contributed by atoms with E-state index in [-0.39, 0.29) is 17.1 Å². The molecule has 5 rings (SSSR count). The molecule has 8 nitrogen and oxygen atoms in total. The first-order valence-corrected chi connectivity index (χ1v) is 12.2. The molecule has 0 unspecified atom stereocenters. The van der Waals surface area contributed by atoms with Crippen LogP contribution in [0.3, 0.4) is 0 Å². The van der Waals surface area contributed by atoms with Gasteiger partial charge in [0, 0.05) is 37.1 Å². The van der Waals surface area contributed by atoms with Crippen LogP contribution in [-0.2, 0) is 14.8 Å². The largest absolute Gasteiger partial charge is 0.377 e. The highest BCUT2D eigenvalue weighted by Crippen LogP contribution is 2.36. The molecule has 3 aromatic rings. The van der Waals surface area contributed by atoms with Gasteiger partial charge < -0.3 is 10.2 Å². The quantitative estimate of drug-likeness (QED) is 0.618. The number of nitrogens with one attached hydrogen (secondary N) is 1. The average molecular weight is 483 g/mol. The predicted octanol–water partition coefficient (Wildman–Crippen LogP) is 2.93. The zero-order valence-corrected chi connectivity index (χ0v) is 19.4. The van der Waals surface area contributed by atoms with Gasteiger partial charge in [-0.1, -0.05) is 24.3 Å². The van der Waals surface area contributed by atoms with E-state index < -0.39 is 39.9 Å². The molecule has 0 radical (unpaired) electrons. The fraction of sp³-hybridized carbons (Fsp3) is 0.250. The van der Waals surface area contributed by atoms with E-state index in [9.17, 15) is 22.4 Å². The number of halogens is 1. The fourth-order valence-corrected chi connectivity index (χ4v) is 6.62. The zero-order chi connectivity index (χ0) is 24.2. The second kappa shape index (κ2) is 8.07. The second-order valence-corrected chi connectivity index (χ2v) is 10.4. The summed E-state index contributed by atoms with van der Waals surface area (Å²) in [6.45, 7) is 0.0880. The van der Waals surface area contributed by atoms with Crippen molar-refractivity contribution in [2.75, 3.05) is 30.4 Å². The molecule has 0 saturated carbocycles. The van der Waals surface area contributed by atoms with Gasteiger partial charge in [-0.15, -0.1) is 0 Å².